The van der Waals surface area contributed by atoms with Gasteiger partial charge in [0.2, 0.25) is 0 Å². The average molecular weight is 439 g/mol. The molecule has 0 aliphatic carbocycles. The third kappa shape index (κ3) is 4.39. The number of nitrogens with zero attached hydrogens (tertiary/aromatic N) is 4. The number of benzene rings is 3. The Balaban J connectivity index is 1.62. The zero-order valence-corrected chi connectivity index (χ0v) is 17.8. The van der Waals surface area contributed by atoms with Crippen LogP contribution in [0.5, 0.6) is 0 Å². The summed E-state index contributed by atoms with van der Waals surface area (Å²) in [4.78, 5) is 18.2. The van der Waals surface area contributed by atoms with E-state index in [0.717, 1.165) is 5.56 Å². The van der Waals surface area contributed by atoms with Crippen LogP contribution in [0.3, 0.4) is 0 Å². The molecule has 0 fully saturated rings. The molecule has 0 saturated carbocycles. The van der Waals surface area contributed by atoms with Crippen LogP contribution in [0.1, 0.15) is 11.1 Å². The number of hydrogen-bond donors (Lipinski definition) is 1. The molecule has 33 heavy (non-hydrogen) atoms. The van der Waals surface area contributed by atoms with E-state index in [-0.39, 0.29) is 11.6 Å². The summed E-state index contributed by atoms with van der Waals surface area (Å²) < 4.78 is 27.1. The highest BCUT2D eigenvalue weighted by Gasteiger charge is 2.17. The van der Waals surface area contributed by atoms with Crippen LogP contribution >= 0.6 is 0 Å². The van der Waals surface area contributed by atoms with E-state index in [1.165, 1.54) is 36.2 Å². The van der Waals surface area contributed by atoms with Crippen LogP contribution in [0.25, 0.3) is 33.7 Å². The summed E-state index contributed by atoms with van der Waals surface area (Å²) in [5, 5.41) is 3.31. The summed E-state index contributed by atoms with van der Waals surface area (Å²) >= 11 is 0. The first kappa shape index (κ1) is 20.6. The van der Waals surface area contributed by atoms with Crippen LogP contribution in [0, 0.1) is 18.6 Å². The maximum Gasteiger partial charge on any atom is 0.184 e. The molecule has 2 aromatic heterocycles. The maximum absolute atomic E-state index is 13.6. The Morgan fingerprint density at radius 2 is 1.27 bits per heavy atom. The van der Waals surface area contributed by atoms with Gasteiger partial charge in [-0.1, -0.05) is 29.8 Å². The highest BCUT2D eigenvalue weighted by Crippen LogP contribution is 2.32. The second-order valence-corrected chi connectivity index (χ2v) is 7.67. The molecule has 0 atom stereocenters. The fraction of sp³-hybridized carbons (Fsp3) is 0.0769. The van der Waals surface area contributed by atoms with Crippen molar-refractivity contribution in [3.63, 3.8) is 0 Å². The van der Waals surface area contributed by atoms with Gasteiger partial charge in [0.1, 0.15) is 18.0 Å². The molecule has 7 heteroatoms. The van der Waals surface area contributed by atoms with Crippen molar-refractivity contribution in [2.24, 2.45) is 0 Å². The molecule has 162 valence electrons. The first-order valence-corrected chi connectivity index (χ1v) is 10.4. The summed E-state index contributed by atoms with van der Waals surface area (Å²) in [6.07, 6.45) is 1.43. The molecular weight excluding hydrogens is 420 g/mol. The Hall–Kier alpha value is -4.26. The number of halogens is 2. The van der Waals surface area contributed by atoms with Gasteiger partial charge in [-0.05, 0) is 61.0 Å². The molecule has 5 nitrogen and oxygen atoms in total. The predicted molar refractivity (Wildman–Crippen MR) is 124 cm³/mol. The van der Waals surface area contributed by atoms with E-state index < -0.39 is 0 Å². The van der Waals surface area contributed by atoms with E-state index >= 15 is 0 Å². The van der Waals surface area contributed by atoms with Crippen LogP contribution in [0.2, 0.25) is 0 Å². The summed E-state index contributed by atoms with van der Waals surface area (Å²) in [5.74, 6) is -0.151. The van der Waals surface area contributed by atoms with Gasteiger partial charge < -0.3 is 5.32 Å². The van der Waals surface area contributed by atoms with Crippen LogP contribution in [0.4, 0.5) is 14.6 Å². The van der Waals surface area contributed by atoms with Gasteiger partial charge in [0.05, 0.1) is 11.4 Å². The lowest BCUT2D eigenvalue weighted by Gasteiger charge is -2.13. The second kappa shape index (κ2) is 8.70. The number of rotatable bonds is 5. The summed E-state index contributed by atoms with van der Waals surface area (Å²) in [6.45, 7) is 2.60. The van der Waals surface area contributed by atoms with E-state index in [2.05, 4.69) is 27.4 Å². The molecule has 0 radical (unpaired) electrons. The normalized spacial score (nSPS) is 11.0. The van der Waals surface area contributed by atoms with Gasteiger partial charge in [0.15, 0.2) is 17.0 Å². The standard InChI is InChI=1S/C26H19F2N5/c1-16-2-4-17(5-3-16)14-29-25-24-26(31-15-30-25)33-23(19-8-12-21(28)13-9-19)22(32-24)18-6-10-20(27)11-7-18/h2-13,15H,14H2,1H3,(H,29,30,31,33). The number of hydrogen-bond acceptors (Lipinski definition) is 5. The Kier molecular flexibility index (Phi) is 5.44. The van der Waals surface area contributed by atoms with Gasteiger partial charge in [-0.3, -0.25) is 0 Å². The first-order chi connectivity index (χ1) is 16.1. The second-order valence-electron chi connectivity index (χ2n) is 7.67. The van der Waals surface area contributed by atoms with Gasteiger partial charge in [-0.2, -0.15) is 0 Å². The molecule has 0 bridgehead atoms. The van der Waals surface area contributed by atoms with Crippen molar-refractivity contribution in [3.8, 4) is 22.5 Å². The number of aromatic nitrogens is 4. The van der Waals surface area contributed by atoms with Crippen molar-refractivity contribution in [2.45, 2.75) is 13.5 Å². The van der Waals surface area contributed by atoms with Gasteiger partial charge in [-0.15, -0.1) is 0 Å². The van der Waals surface area contributed by atoms with Crippen molar-refractivity contribution in [1.82, 2.24) is 19.9 Å². The van der Waals surface area contributed by atoms with Gasteiger partial charge >= 0.3 is 0 Å². The third-order valence-corrected chi connectivity index (χ3v) is 5.28. The molecule has 0 amide bonds. The number of nitrogens with one attached hydrogen (secondary N) is 1. The van der Waals surface area contributed by atoms with Gasteiger partial charge in [-0.25, -0.2) is 28.7 Å². The summed E-state index contributed by atoms with van der Waals surface area (Å²) in [6, 6.07) is 20.2. The minimum absolute atomic E-state index is 0.347. The SMILES string of the molecule is Cc1ccc(CNc2ncnc3nc(-c4ccc(F)cc4)c(-c4ccc(F)cc4)nc23)cc1. The van der Waals surface area contributed by atoms with E-state index in [9.17, 15) is 8.78 Å². The van der Waals surface area contributed by atoms with Crippen molar-refractivity contribution >= 4 is 17.0 Å². The highest BCUT2D eigenvalue weighted by molar-refractivity contribution is 5.89. The molecule has 1 N–H and O–H groups in total. The van der Waals surface area contributed by atoms with E-state index in [0.29, 0.717) is 46.0 Å². The Bertz CT molecular complexity index is 1420. The van der Waals surface area contributed by atoms with Crippen LogP contribution in [-0.4, -0.2) is 19.9 Å². The lowest BCUT2D eigenvalue weighted by atomic mass is 10.0. The zero-order chi connectivity index (χ0) is 22.8. The van der Waals surface area contributed by atoms with Gasteiger partial charge in [0, 0.05) is 17.7 Å². The molecule has 5 rings (SSSR count). The fourth-order valence-electron chi connectivity index (χ4n) is 3.52. The van der Waals surface area contributed by atoms with Crippen molar-refractivity contribution in [1.29, 1.82) is 0 Å². The fourth-order valence-corrected chi connectivity index (χ4v) is 3.52. The molecule has 0 aliphatic rings. The summed E-state index contributed by atoms with van der Waals surface area (Å²) in [5.41, 5.74) is 5.60. The highest BCUT2D eigenvalue weighted by atomic mass is 19.1. The molecule has 2 heterocycles. The smallest absolute Gasteiger partial charge is 0.184 e. The average Bonchev–Trinajstić information content (AvgIpc) is 2.84. The Morgan fingerprint density at radius 1 is 0.697 bits per heavy atom. The van der Waals surface area contributed by atoms with E-state index in [1.807, 2.05) is 19.1 Å². The third-order valence-electron chi connectivity index (χ3n) is 5.28. The van der Waals surface area contributed by atoms with Crippen LogP contribution < -0.4 is 5.32 Å². The molecular formula is C26H19F2N5. The maximum atomic E-state index is 13.6. The lowest BCUT2D eigenvalue weighted by Crippen LogP contribution is -2.05. The number of fused-ring (bicyclic) bond motifs is 1. The zero-order valence-electron chi connectivity index (χ0n) is 17.8. The molecule has 0 aliphatic heterocycles. The van der Waals surface area contributed by atoms with Gasteiger partial charge in [0.25, 0.3) is 0 Å². The van der Waals surface area contributed by atoms with Crippen molar-refractivity contribution in [2.75, 3.05) is 5.32 Å². The number of aryl methyl sites for hydroxylation is 1. The Morgan fingerprint density at radius 3 is 1.88 bits per heavy atom. The summed E-state index contributed by atoms with van der Waals surface area (Å²) in [7, 11) is 0. The van der Waals surface area contributed by atoms with E-state index in [4.69, 9.17) is 9.97 Å². The minimum atomic E-state index is -0.348. The van der Waals surface area contributed by atoms with Crippen LogP contribution in [0.15, 0.2) is 79.1 Å². The van der Waals surface area contributed by atoms with Crippen molar-refractivity contribution in [3.05, 3.63) is 102 Å². The van der Waals surface area contributed by atoms with Crippen molar-refractivity contribution < 1.29 is 8.78 Å². The van der Waals surface area contributed by atoms with Crippen LogP contribution in [-0.2, 0) is 6.54 Å². The van der Waals surface area contributed by atoms with E-state index in [1.54, 1.807) is 24.3 Å². The monoisotopic (exact) mass is 439 g/mol. The molecule has 0 saturated heterocycles. The number of anilines is 1. The minimum Gasteiger partial charge on any atom is -0.364 e. The lowest BCUT2D eigenvalue weighted by molar-refractivity contribution is 0.627. The predicted octanol–water partition coefficient (Wildman–Crippen LogP) is 5.95. The largest absolute Gasteiger partial charge is 0.364 e. The topological polar surface area (TPSA) is 63.6 Å². The first-order valence-electron chi connectivity index (χ1n) is 10.4. The quantitative estimate of drug-likeness (QED) is 0.366. The molecule has 0 unspecified atom stereocenters. The molecule has 5 aromatic rings. The molecule has 3 aromatic carbocycles. The Labute approximate surface area is 189 Å². The molecule has 0 spiro atoms.